The molecule has 2 aliphatic rings. The summed E-state index contributed by atoms with van der Waals surface area (Å²) in [5.41, 5.74) is 0.681. The molecule has 1 aromatic carbocycles. The van der Waals surface area contributed by atoms with Crippen molar-refractivity contribution in [2.45, 2.75) is 18.4 Å². The summed E-state index contributed by atoms with van der Waals surface area (Å²) >= 11 is 12.0. The largest absolute Gasteiger partial charge is 0.335 e. The topological polar surface area (TPSA) is 32.3 Å². The number of piperazine rings is 1. The van der Waals surface area contributed by atoms with E-state index >= 15 is 0 Å². The van der Waals surface area contributed by atoms with Gasteiger partial charge in [0.25, 0.3) is 5.91 Å². The van der Waals surface area contributed by atoms with E-state index in [9.17, 15) is 4.79 Å². The number of benzene rings is 1. The van der Waals surface area contributed by atoms with Crippen molar-refractivity contribution in [3.05, 3.63) is 33.8 Å². The van der Waals surface area contributed by atoms with Crippen LogP contribution in [-0.4, -0.2) is 36.0 Å². The van der Waals surface area contributed by atoms with Crippen LogP contribution in [0.25, 0.3) is 0 Å². The summed E-state index contributed by atoms with van der Waals surface area (Å²) in [4.78, 5) is 14.3. The molecule has 1 saturated carbocycles. The Bertz CT molecular complexity index is 503. The molecule has 0 unspecified atom stereocenters. The maximum atomic E-state index is 12.4. The summed E-state index contributed by atoms with van der Waals surface area (Å²) in [6.07, 6.45) is 2.31. The van der Waals surface area contributed by atoms with E-state index in [4.69, 9.17) is 23.2 Å². The van der Waals surface area contributed by atoms with E-state index in [1.165, 1.54) is 0 Å². The highest BCUT2D eigenvalue weighted by molar-refractivity contribution is 6.35. The molecule has 1 aliphatic carbocycles. The van der Waals surface area contributed by atoms with Gasteiger partial charge in [-0.15, -0.1) is 12.4 Å². The van der Waals surface area contributed by atoms with Crippen molar-refractivity contribution in [1.29, 1.82) is 0 Å². The van der Waals surface area contributed by atoms with Crippen LogP contribution in [0.4, 0.5) is 0 Å². The van der Waals surface area contributed by atoms with Gasteiger partial charge < -0.3 is 10.2 Å². The van der Waals surface area contributed by atoms with Gasteiger partial charge in [-0.05, 0) is 31.0 Å². The van der Waals surface area contributed by atoms with Gasteiger partial charge in [-0.2, -0.15) is 0 Å². The SMILES string of the molecule is Cl.O=C(c1cc(Cl)ccc1Cl)N1CCNC2(CC2)C1. The second-order valence-electron chi connectivity index (χ2n) is 5.06. The smallest absolute Gasteiger partial charge is 0.255 e. The minimum Gasteiger partial charge on any atom is -0.335 e. The summed E-state index contributed by atoms with van der Waals surface area (Å²) in [5, 5.41) is 4.49. The lowest BCUT2D eigenvalue weighted by Crippen LogP contribution is -2.54. The Morgan fingerprint density at radius 3 is 2.74 bits per heavy atom. The number of carbonyl (C=O) groups is 1. The quantitative estimate of drug-likeness (QED) is 0.862. The number of hydrogen-bond donors (Lipinski definition) is 1. The molecule has 1 amide bonds. The molecule has 1 spiro atoms. The summed E-state index contributed by atoms with van der Waals surface area (Å²) in [6, 6.07) is 5.01. The number of nitrogens with one attached hydrogen (secondary N) is 1. The van der Waals surface area contributed by atoms with E-state index in [0.717, 1.165) is 32.5 Å². The molecule has 19 heavy (non-hydrogen) atoms. The lowest BCUT2D eigenvalue weighted by molar-refractivity contribution is 0.0691. The highest BCUT2D eigenvalue weighted by Crippen LogP contribution is 2.38. The van der Waals surface area contributed by atoms with Crippen molar-refractivity contribution in [2.75, 3.05) is 19.6 Å². The molecule has 0 bridgehead atoms. The molecule has 0 aromatic heterocycles. The highest BCUT2D eigenvalue weighted by Gasteiger charge is 2.46. The first-order chi connectivity index (χ1) is 8.60. The Morgan fingerprint density at radius 2 is 2.05 bits per heavy atom. The number of halogens is 3. The molecule has 3 nitrogen and oxygen atoms in total. The average Bonchev–Trinajstić information content (AvgIpc) is 3.10. The number of carbonyl (C=O) groups excluding carboxylic acids is 1. The van der Waals surface area contributed by atoms with E-state index in [0.29, 0.717) is 15.6 Å². The third-order valence-electron chi connectivity index (χ3n) is 3.67. The predicted molar refractivity (Wildman–Crippen MR) is 79.6 cm³/mol. The van der Waals surface area contributed by atoms with Crippen LogP contribution in [0.2, 0.25) is 10.0 Å². The van der Waals surface area contributed by atoms with Gasteiger partial charge in [0.2, 0.25) is 0 Å². The van der Waals surface area contributed by atoms with E-state index in [2.05, 4.69) is 5.32 Å². The molecule has 1 aliphatic heterocycles. The summed E-state index contributed by atoms with van der Waals surface area (Å²) < 4.78 is 0. The molecule has 1 saturated heterocycles. The first kappa shape index (κ1) is 14.9. The van der Waals surface area contributed by atoms with Crippen molar-refractivity contribution in [3.63, 3.8) is 0 Å². The van der Waals surface area contributed by atoms with Gasteiger partial charge in [-0.25, -0.2) is 0 Å². The second-order valence-corrected chi connectivity index (χ2v) is 5.90. The van der Waals surface area contributed by atoms with E-state index in [-0.39, 0.29) is 23.9 Å². The maximum Gasteiger partial charge on any atom is 0.255 e. The molecule has 104 valence electrons. The Balaban J connectivity index is 0.00000133. The standard InChI is InChI=1S/C13H14Cl2N2O.ClH/c14-9-1-2-11(15)10(7-9)12(18)17-6-5-16-13(8-17)3-4-13;/h1-2,7,16H,3-6,8H2;1H. The lowest BCUT2D eigenvalue weighted by Gasteiger charge is -2.34. The first-order valence-corrected chi connectivity index (χ1v) is 6.85. The van der Waals surface area contributed by atoms with Crippen LogP contribution in [0.15, 0.2) is 18.2 Å². The molecule has 1 aromatic rings. The van der Waals surface area contributed by atoms with Crippen molar-refractivity contribution < 1.29 is 4.79 Å². The van der Waals surface area contributed by atoms with Crippen LogP contribution in [-0.2, 0) is 0 Å². The number of nitrogens with zero attached hydrogens (tertiary/aromatic N) is 1. The molecule has 0 atom stereocenters. The van der Waals surface area contributed by atoms with Gasteiger partial charge in [0.05, 0.1) is 10.6 Å². The minimum absolute atomic E-state index is 0. The molecular weight excluding hydrogens is 307 g/mol. The van der Waals surface area contributed by atoms with Crippen LogP contribution < -0.4 is 5.32 Å². The number of amides is 1. The summed E-state index contributed by atoms with van der Waals surface area (Å²) in [7, 11) is 0. The Hall–Kier alpha value is -0.480. The zero-order valence-corrected chi connectivity index (χ0v) is 12.6. The van der Waals surface area contributed by atoms with Gasteiger partial charge in [0.1, 0.15) is 0 Å². The highest BCUT2D eigenvalue weighted by atomic mass is 35.5. The number of rotatable bonds is 1. The van der Waals surface area contributed by atoms with Gasteiger partial charge in [0, 0.05) is 30.2 Å². The molecule has 3 rings (SSSR count). The third kappa shape index (κ3) is 3.00. The van der Waals surface area contributed by atoms with E-state index in [1.807, 2.05) is 4.90 Å². The Labute approximate surface area is 128 Å². The van der Waals surface area contributed by atoms with Gasteiger partial charge in [-0.1, -0.05) is 23.2 Å². The monoisotopic (exact) mass is 320 g/mol. The fourth-order valence-electron chi connectivity index (χ4n) is 2.45. The Morgan fingerprint density at radius 1 is 1.32 bits per heavy atom. The normalized spacial score (nSPS) is 20.0. The third-order valence-corrected chi connectivity index (χ3v) is 4.24. The Kier molecular flexibility index (Phi) is 4.31. The molecule has 0 radical (unpaired) electrons. The second kappa shape index (κ2) is 5.49. The van der Waals surface area contributed by atoms with Crippen LogP contribution in [0, 0.1) is 0 Å². The first-order valence-electron chi connectivity index (χ1n) is 6.09. The molecule has 6 heteroatoms. The van der Waals surface area contributed by atoms with Crippen molar-refractivity contribution in [3.8, 4) is 0 Å². The van der Waals surface area contributed by atoms with E-state index < -0.39 is 0 Å². The molecule has 1 heterocycles. The fourth-order valence-corrected chi connectivity index (χ4v) is 2.82. The average molecular weight is 322 g/mol. The van der Waals surface area contributed by atoms with E-state index in [1.54, 1.807) is 18.2 Å². The predicted octanol–water partition coefficient (Wildman–Crippen LogP) is 2.99. The van der Waals surface area contributed by atoms with Crippen LogP contribution in [0.5, 0.6) is 0 Å². The molecule has 2 fully saturated rings. The maximum absolute atomic E-state index is 12.4. The van der Waals surface area contributed by atoms with Gasteiger partial charge >= 0.3 is 0 Å². The van der Waals surface area contributed by atoms with Crippen LogP contribution in [0.1, 0.15) is 23.2 Å². The summed E-state index contributed by atoms with van der Waals surface area (Å²) in [5.74, 6) is -0.0183. The van der Waals surface area contributed by atoms with Crippen molar-refractivity contribution >= 4 is 41.5 Å². The fraction of sp³-hybridized carbons (Fsp3) is 0.462. The summed E-state index contributed by atoms with van der Waals surface area (Å²) in [6.45, 7) is 2.35. The zero-order valence-electron chi connectivity index (χ0n) is 10.3. The van der Waals surface area contributed by atoms with Crippen LogP contribution >= 0.6 is 35.6 Å². The molecule has 1 N–H and O–H groups in total. The lowest BCUT2D eigenvalue weighted by atomic mass is 10.1. The van der Waals surface area contributed by atoms with Crippen molar-refractivity contribution in [1.82, 2.24) is 10.2 Å². The minimum atomic E-state index is -0.0183. The van der Waals surface area contributed by atoms with Gasteiger partial charge in [-0.3, -0.25) is 4.79 Å². The van der Waals surface area contributed by atoms with Gasteiger partial charge in [0.15, 0.2) is 0 Å². The molecular formula is C13H15Cl3N2O. The zero-order chi connectivity index (χ0) is 12.8. The van der Waals surface area contributed by atoms with Crippen LogP contribution in [0.3, 0.4) is 0 Å². The van der Waals surface area contributed by atoms with Crippen molar-refractivity contribution in [2.24, 2.45) is 0 Å². The number of hydrogen-bond acceptors (Lipinski definition) is 2.